The lowest BCUT2D eigenvalue weighted by Crippen LogP contribution is -2.37. The van der Waals surface area contributed by atoms with E-state index in [0.29, 0.717) is 19.5 Å². The molecule has 2 amide bonds. The molecule has 0 aliphatic rings. The SMILES string of the molecule is C/C=C(\C)CC(=O)NCCNC(=O)OC(C)(C)C. The second-order valence-electron chi connectivity index (χ2n) is 5.09. The van der Waals surface area contributed by atoms with Gasteiger partial charge < -0.3 is 15.4 Å². The number of nitrogens with one attached hydrogen (secondary N) is 2. The first-order valence-electron chi connectivity index (χ1n) is 6.10. The summed E-state index contributed by atoms with van der Waals surface area (Å²) in [5.74, 6) is -0.0448. The van der Waals surface area contributed by atoms with E-state index < -0.39 is 11.7 Å². The third-order valence-corrected chi connectivity index (χ3v) is 2.05. The van der Waals surface area contributed by atoms with Gasteiger partial charge in [-0.2, -0.15) is 0 Å². The van der Waals surface area contributed by atoms with Crippen LogP contribution in [0.4, 0.5) is 4.79 Å². The molecule has 5 heteroatoms. The summed E-state index contributed by atoms with van der Waals surface area (Å²) in [6.07, 6.45) is 1.82. The molecule has 0 aromatic heterocycles. The normalized spacial score (nSPS) is 11.9. The molecule has 2 N–H and O–H groups in total. The van der Waals surface area contributed by atoms with Gasteiger partial charge in [-0.05, 0) is 34.6 Å². The van der Waals surface area contributed by atoms with Crippen LogP contribution in [0.15, 0.2) is 11.6 Å². The molecular weight excluding hydrogens is 232 g/mol. The summed E-state index contributed by atoms with van der Waals surface area (Å²) < 4.78 is 5.05. The van der Waals surface area contributed by atoms with E-state index in [2.05, 4.69) is 10.6 Å². The summed E-state index contributed by atoms with van der Waals surface area (Å²) in [6, 6.07) is 0. The van der Waals surface area contributed by atoms with Crippen molar-refractivity contribution in [3.05, 3.63) is 11.6 Å². The van der Waals surface area contributed by atoms with Crippen LogP contribution in [0.5, 0.6) is 0 Å². The van der Waals surface area contributed by atoms with E-state index in [4.69, 9.17) is 4.74 Å². The van der Waals surface area contributed by atoms with Crippen LogP contribution < -0.4 is 10.6 Å². The van der Waals surface area contributed by atoms with Gasteiger partial charge >= 0.3 is 6.09 Å². The largest absolute Gasteiger partial charge is 0.444 e. The van der Waals surface area contributed by atoms with Gasteiger partial charge in [-0.1, -0.05) is 11.6 Å². The molecular formula is C13H24N2O3. The van der Waals surface area contributed by atoms with Crippen LogP contribution in [0.25, 0.3) is 0 Å². The van der Waals surface area contributed by atoms with Crippen molar-refractivity contribution in [2.45, 2.75) is 46.6 Å². The molecule has 0 atom stereocenters. The number of carbonyl (C=O) groups is 2. The Morgan fingerprint density at radius 3 is 2.22 bits per heavy atom. The molecule has 104 valence electrons. The van der Waals surface area contributed by atoms with Gasteiger partial charge in [0.15, 0.2) is 0 Å². The molecule has 0 rings (SSSR count). The molecule has 18 heavy (non-hydrogen) atoms. The number of amides is 2. The Balaban J connectivity index is 3.68. The molecule has 0 saturated heterocycles. The predicted octanol–water partition coefficient (Wildman–Crippen LogP) is 1.98. The van der Waals surface area contributed by atoms with Gasteiger partial charge in [-0.25, -0.2) is 4.79 Å². The number of hydrogen-bond acceptors (Lipinski definition) is 3. The number of alkyl carbamates (subject to hydrolysis) is 1. The standard InChI is InChI=1S/C13H24N2O3/c1-6-10(2)9-11(16)14-7-8-15-12(17)18-13(3,4)5/h6H,7-9H2,1-5H3,(H,14,16)(H,15,17)/b10-6+. The Bertz CT molecular complexity index is 317. The number of carbonyl (C=O) groups excluding carboxylic acids is 2. The van der Waals surface area contributed by atoms with Crippen molar-refractivity contribution in [2.24, 2.45) is 0 Å². The van der Waals surface area contributed by atoms with Crippen LogP contribution in [0.2, 0.25) is 0 Å². The lowest BCUT2D eigenvalue weighted by Gasteiger charge is -2.19. The van der Waals surface area contributed by atoms with E-state index in [-0.39, 0.29) is 5.91 Å². The van der Waals surface area contributed by atoms with E-state index in [0.717, 1.165) is 5.57 Å². The number of ether oxygens (including phenoxy) is 1. The third kappa shape index (κ3) is 9.69. The molecule has 0 saturated carbocycles. The summed E-state index contributed by atoms with van der Waals surface area (Å²) in [5, 5.41) is 5.29. The zero-order chi connectivity index (χ0) is 14.2. The lowest BCUT2D eigenvalue weighted by molar-refractivity contribution is -0.120. The quantitative estimate of drug-likeness (QED) is 0.584. The first-order valence-corrected chi connectivity index (χ1v) is 6.10. The topological polar surface area (TPSA) is 67.4 Å². The third-order valence-electron chi connectivity index (χ3n) is 2.05. The van der Waals surface area contributed by atoms with Gasteiger partial charge in [-0.15, -0.1) is 0 Å². The van der Waals surface area contributed by atoms with E-state index in [9.17, 15) is 9.59 Å². The summed E-state index contributed by atoms with van der Waals surface area (Å²) in [7, 11) is 0. The average molecular weight is 256 g/mol. The Morgan fingerprint density at radius 1 is 1.17 bits per heavy atom. The summed E-state index contributed by atoms with van der Waals surface area (Å²) in [6.45, 7) is 9.95. The Kier molecular flexibility index (Phi) is 7.08. The van der Waals surface area contributed by atoms with Gasteiger partial charge in [0.2, 0.25) is 5.91 Å². The van der Waals surface area contributed by atoms with Crippen molar-refractivity contribution in [2.75, 3.05) is 13.1 Å². The highest BCUT2D eigenvalue weighted by molar-refractivity contribution is 5.78. The van der Waals surface area contributed by atoms with Crippen LogP contribution in [0.3, 0.4) is 0 Å². The molecule has 0 bridgehead atoms. The fraction of sp³-hybridized carbons (Fsp3) is 0.692. The number of allylic oxidation sites excluding steroid dienone is 1. The molecule has 0 aromatic carbocycles. The maximum absolute atomic E-state index is 11.4. The van der Waals surface area contributed by atoms with Gasteiger partial charge in [-0.3, -0.25) is 4.79 Å². The highest BCUT2D eigenvalue weighted by Crippen LogP contribution is 2.05. The number of rotatable bonds is 5. The molecule has 0 radical (unpaired) electrons. The minimum Gasteiger partial charge on any atom is -0.444 e. The van der Waals surface area contributed by atoms with E-state index >= 15 is 0 Å². The monoisotopic (exact) mass is 256 g/mol. The van der Waals surface area contributed by atoms with Gasteiger partial charge in [0, 0.05) is 19.5 Å². The Labute approximate surface area is 109 Å². The number of hydrogen-bond donors (Lipinski definition) is 2. The molecule has 0 heterocycles. The smallest absolute Gasteiger partial charge is 0.407 e. The van der Waals surface area contributed by atoms with E-state index in [1.807, 2.05) is 19.9 Å². The minimum atomic E-state index is -0.504. The van der Waals surface area contributed by atoms with Gasteiger partial charge in [0.05, 0.1) is 0 Å². The predicted molar refractivity (Wildman–Crippen MR) is 71.3 cm³/mol. The van der Waals surface area contributed by atoms with Crippen LogP contribution in [0, 0.1) is 0 Å². The molecule has 0 unspecified atom stereocenters. The van der Waals surface area contributed by atoms with Crippen LogP contribution in [-0.4, -0.2) is 30.7 Å². The molecule has 0 fully saturated rings. The van der Waals surface area contributed by atoms with Crippen molar-refractivity contribution in [3.8, 4) is 0 Å². The second-order valence-corrected chi connectivity index (χ2v) is 5.09. The van der Waals surface area contributed by atoms with Crippen molar-refractivity contribution in [1.29, 1.82) is 0 Å². The summed E-state index contributed by atoms with van der Waals surface area (Å²) in [4.78, 5) is 22.7. The van der Waals surface area contributed by atoms with Crippen LogP contribution in [0.1, 0.15) is 41.0 Å². The first kappa shape index (κ1) is 16.5. The Morgan fingerprint density at radius 2 is 1.72 bits per heavy atom. The van der Waals surface area contributed by atoms with Crippen LogP contribution in [-0.2, 0) is 9.53 Å². The van der Waals surface area contributed by atoms with E-state index in [1.54, 1.807) is 20.8 Å². The molecule has 0 aliphatic heterocycles. The van der Waals surface area contributed by atoms with Crippen molar-refractivity contribution >= 4 is 12.0 Å². The molecule has 0 spiro atoms. The zero-order valence-corrected chi connectivity index (χ0v) is 11.9. The lowest BCUT2D eigenvalue weighted by atomic mass is 10.2. The summed E-state index contributed by atoms with van der Waals surface area (Å²) in [5.41, 5.74) is 0.517. The summed E-state index contributed by atoms with van der Waals surface area (Å²) >= 11 is 0. The first-order chi connectivity index (χ1) is 8.24. The maximum Gasteiger partial charge on any atom is 0.407 e. The molecule has 5 nitrogen and oxygen atoms in total. The highest BCUT2D eigenvalue weighted by Gasteiger charge is 2.15. The van der Waals surface area contributed by atoms with Gasteiger partial charge in [0.1, 0.15) is 5.60 Å². The fourth-order valence-corrected chi connectivity index (χ4v) is 1.10. The fourth-order valence-electron chi connectivity index (χ4n) is 1.10. The van der Waals surface area contributed by atoms with Crippen LogP contribution >= 0.6 is 0 Å². The Hall–Kier alpha value is -1.52. The van der Waals surface area contributed by atoms with Crippen molar-refractivity contribution in [3.63, 3.8) is 0 Å². The second kappa shape index (κ2) is 7.74. The molecule has 0 aliphatic carbocycles. The molecule has 0 aromatic rings. The zero-order valence-electron chi connectivity index (χ0n) is 11.9. The average Bonchev–Trinajstić information content (AvgIpc) is 2.21. The van der Waals surface area contributed by atoms with E-state index in [1.165, 1.54) is 0 Å². The minimum absolute atomic E-state index is 0.0448. The van der Waals surface area contributed by atoms with Crippen molar-refractivity contribution < 1.29 is 14.3 Å². The van der Waals surface area contributed by atoms with Crippen molar-refractivity contribution in [1.82, 2.24) is 10.6 Å². The van der Waals surface area contributed by atoms with Gasteiger partial charge in [0.25, 0.3) is 0 Å². The highest BCUT2D eigenvalue weighted by atomic mass is 16.6. The maximum atomic E-state index is 11.4.